The molecule has 3 rings (SSSR count). The normalized spacial score (nSPS) is 29.8. The molecule has 0 aromatic heterocycles. The van der Waals surface area contributed by atoms with Gasteiger partial charge >= 0.3 is 0 Å². The first-order valence-electron chi connectivity index (χ1n) is 8.39. The predicted octanol–water partition coefficient (Wildman–Crippen LogP) is 4.15. The van der Waals surface area contributed by atoms with E-state index in [1.807, 2.05) is 19.1 Å². The Balaban J connectivity index is 1.67. The van der Waals surface area contributed by atoms with Crippen molar-refractivity contribution < 1.29 is 13.9 Å². The highest BCUT2D eigenvalue weighted by atomic mass is 19.3. The van der Waals surface area contributed by atoms with Crippen molar-refractivity contribution in [2.24, 2.45) is 0 Å². The fourth-order valence-corrected chi connectivity index (χ4v) is 3.57. The summed E-state index contributed by atoms with van der Waals surface area (Å²) in [6.45, 7) is 1.99. The largest absolute Gasteiger partial charge is 0.385 e. The second-order valence-electron chi connectivity index (χ2n) is 6.89. The zero-order valence-electron chi connectivity index (χ0n) is 13.1. The average Bonchev–Trinajstić information content (AvgIpc) is 2.42. The molecule has 2 aliphatic rings. The van der Waals surface area contributed by atoms with Crippen LogP contribution in [0.4, 0.5) is 8.78 Å². The molecular formula is C18H25F2NO. The average molecular weight is 309 g/mol. The van der Waals surface area contributed by atoms with Crippen LogP contribution in [0.1, 0.15) is 68.5 Å². The lowest BCUT2D eigenvalue weighted by Crippen LogP contribution is -2.53. The summed E-state index contributed by atoms with van der Waals surface area (Å²) in [5.41, 5.74) is 2.47. The van der Waals surface area contributed by atoms with E-state index in [-0.39, 0.29) is 12.5 Å². The van der Waals surface area contributed by atoms with E-state index in [2.05, 4.69) is 17.4 Å². The van der Waals surface area contributed by atoms with E-state index in [1.54, 1.807) is 0 Å². The summed E-state index contributed by atoms with van der Waals surface area (Å²) in [6, 6.07) is 7.86. The van der Waals surface area contributed by atoms with Crippen LogP contribution in [0.2, 0.25) is 0 Å². The van der Waals surface area contributed by atoms with Crippen molar-refractivity contribution in [3.8, 4) is 0 Å². The molecule has 0 saturated heterocycles. The minimum absolute atomic E-state index is 0.0337. The van der Waals surface area contributed by atoms with Gasteiger partial charge in [-0.1, -0.05) is 30.7 Å². The highest BCUT2D eigenvalue weighted by molar-refractivity contribution is 5.29. The van der Waals surface area contributed by atoms with Gasteiger partial charge in [0.1, 0.15) is 6.10 Å². The van der Waals surface area contributed by atoms with Gasteiger partial charge in [-0.25, -0.2) is 8.78 Å². The van der Waals surface area contributed by atoms with Crippen LogP contribution >= 0.6 is 0 Å². The number of halogens is 2. The van der Waals surface area contributed by atoms with Crippen molar-refractivity contribution >= 4 is 0 Å². The molecule has 2 fully saturated rings. The maximum absolute atomic E-state index is 13.6. The number of aliphatic hydroxyl groups excluding tert-OH is 1. The van der Waals surface area contributed by atoms with Crippen LogP contribution in [-0.2, 0) is 0 Å². The Kier molecular flexibility index (Phi) is 4.51. The molecule has 2 aliphatic carbocycles. The maximum atomic E-state index is 13.6. The zero-order chi connectivity index (χ0) is 15.7. The summed E-state index contributed by atoms with van der Waals surface area (Å²) < 4.78 is 27.3. The van der Waals surface area contributed by atoms with Gasteiger partial charge in [0.05, 0.1) is 0 Å². The lowest BCUT2D eigenvalue weighted by molar-refractivity contribution is -0.144. The van der Waals surface area contributed by atoms with Crippen LogP contribution in [0.3, 0.4) is 0 Å². The van der Waals surface area contributed by atoms with Crippen molar-refractivity contribution in [2.75, 3.05) is 0 Å². The van der Waals surface area contributed by atoms with E-state index in [0.29, 0.717) is 18.8 Å². The molecule has 2 nitrogen and oxygen atoms in total. The molecule has 2 N–H and O–H groups in total. The minimum atomic E-state index is -2.97. The number of rotatable bonds is 4. The highest BCUT2D eigenvalue weighted by Gasteiger charge is 2.46. The van der Waals surface area contributed by atoms with Crippen LogP contribution < -0.4 is 5.32 Å². The van der Waals surface area contributed by atoms with E-state index in [9.17, 15) is 13.9 Å². The molecule has 1 aromatic rings. The summed E-state index contributed by atoms with van der Waals surface area (Å²) in [6.07, 6.45) is 3.06. The van der Waals surface area contributed by atoms with Gasteiger partial charge in [0, 0.05) is 18.5 Å². The summed E-state index contributed by atoms with van der Waals surface area (Å²) in [7, 11) is 0. The fourth-order valence-electron chi connectivity index (χ4n) is 3.57. The SMILES string of the molecule is CC(N[C@@H]1CCCC(F)(F)[C@H]1O)c1cccc(C2CCC2)c1. The third-order valence-electron chi connectivity index (χ3n) is 5.29. The Labute approximate surface area is 130 Å². The molecule has 0 aliphatic heterocycles. The Hall–Kier alpha value is -1.00. The molecular weight excluding hydrogens is 284 g/mol. The molecule has 122 valence electrons. The first-order valence-corrected chi connectivity index (χ1v) is 8.39. The number of alkyl halides is 2. The molecule has 4 heteroatoms. The van der Waals surface area contributed by atoms with Crippen molar-refractivity contribution in [2.45, 2.75) is 75.5 Å². The van der Waals surface area contributed by atoms with E-state index in [1.165, 1.54) is 24.8 Å². The molecule has 0 spiro atoms. The molecule has 0 amide bonds. The van der Waals surface area contributed by atoms with Crippen LogP contribution in [0, 0.1) is 0 Å². The summed E-state index contributed by atoms with van der Waals surface area (Å²) in [5, 5.41) is 13.1. The molecule has 1 unspecified atom stereocenters. The van der Waals surface area contributed by atoms with Gasteiger partial charge < -0.3 is 10.4 Å². The van der Waals surface area contributed by atoms with Crippen molar-refractivity contribution in [1.29, 1.82) is 0 Å². The van der Waals surface area contributed by atoms with Crippen LogP contribution in [0.5, 0.6) is 0 Å². The van der Waals surface area contributed by atoms with Gasteiger partial charge in [-0.15, -0.1) is 0 Å². The summed E-state index contributed by atoms with van der Waals surface area (Å²) in [4.78, 5) is 0. The third kappa shape index (κ3) is 3.18. The lowest BCUT2D eigenvalue weighted by Gasteiger charge is -2.36. The first-order chi connectivity index (χ1) is 10.5. The molecule has 1 aromatic carbocycles. The van der Waals surface area contributed by atoms with Crippen molar-refractivity contribution in [3.05, 3.63) is 35.4 Å². The number of benzene rings is 1. The number of aliphatic hydroxyl groups is 1. The van der Waals surface area contributed by atoms with Crippen LogP contribution in [0.15, 0.2) is 24.3 Å². The minimum Gasteiger partial charge on any atom is -0.385 e. The molecule has 0 bridgehead atoms. The summed E-state index contributed by atoms with van der Waals surface area (Å²) in [5.74, 6) is -2.31. The first kappa shape index (κ1) is 15.9. The Morgan fingerprint density at radius 1 is 1.23 bits per heavy atom. The topological polar surface area (TPSA) is 32.3 Å². The third-order valence-corrected chi connectivity index (χ3v) is 5.29. The number of nitrogens with one attached hydrogen (secondary N) is 1. The predicted molar refractivity (Wildman–Crippen MR) is 83.2 cm³/mol. The van der Waals surface area contributed by atoms with E-state index < -0.39 is 18.1 Å². The Bertz CT molecular complexity index is 516. The van der Waals surface area contributed by atoms with Gasteiger partial charge in [-0.2, -0.15) is 0 Å². The maximum Gasteiger partial charge on any atom is 0.274 e. The fraction of sp³-hybridized carbons (Fsp3) is 0.667. The van der Waals surface area contributed by atoms with Gasteiger partial charge in [-0.05, 0) is 49.7 Å². The quantitative estimate of drug-likeness (QED) is 0.875. The van der Waals surface area contributed by atoms with Gasteiger partial charge in [0.15, 0.2) is 0 Å². The summed E-state index contributed by atoms with van der Waals surface area (Å²) >= 11 is 0. The second kappa shape index (κ2) is 6.25. The molecule has 3 atom stereocenters. The van der Waals surface area contributed by atoms with Crippen LogP contribution in [0.25, 0.3) is 0 Å². The Morgan fingerprint density at radius 2 is 2.00 bits per heavy atom. The lowest BCUT2D eigenvalue weighted by atomic mass is 9.79. The Morgan fingerprint density at radius 3 is 2.68 bits per heavy atom. The van der Waals surface area contributed by atoms with Crippen LogP contribution in [-0.4, -0.2) is 23.2 Å². The highest BCUT2D eigenvalue weighted by Crippen LogP contribution is 2.37. The standard InChI is InChI=1S/C18H25F2NO/c1-12(21-16-9-4-10-18(19,20)17(16)22)14-7-3-8-15(11-14)13-5-2-6-13/h3,7-8,11-13,16-17,21-22H,2,4-6,9-10H2,1H3/t12?,16-,17+/m1/s1. The van der Waals surface area contributed by atoms with E-state index in [0.717, 1.165) is 5.56 Å². The van der Waals surface area contributed by atoms with Crippen molar-refractivity contribution in [3.63, 3.8) is 0 Å². The van der Waals surface area contributed by atoms with E-state index in [4.69, 9.17) is 0 Å². The van der Waals surface area contributed by atoms with Gasteiger partial charge in [0.2, 0.25) is 0 Å². The number of hydrogen-bond acceptors (Lipinski definition) is 2. The molecule has 2 saturated carbocycles. The second-order valence-corrected chi connectivity index (χ2v) is 6.89. The van der Waals surface area contributed by atoms with E-state index >= 15 is 0 Å². The van der Waals surface area contributed by atoms with Gasteiger partial charge in [0.25, 0.3) is 5.92 Å². The molecule has 0 heterocycles. The molecule has 22 heavy (non-hydrogen) atoms. The monoisotopic (exact) mass is 309 g/mol. The molecule has 0 radical (unpaired) electrons. The zero-order valence-corrected chi connectivity index (χ0v) is 13.1. The smallest absolute Gasteiger partial charge is 0.274 e. The van der Waals surface area contributed by atoms with Crippen molar-refractivity contribution in [1.82, 2.24) is 5.32 Å². The number of hydrogen-bond donors (Lipinski definition) is 2. The van der Waals surface area contributed by atoms with Gasteiger partial charge in [-0.3, -0.25) is 0 Å².